The Balaban J connectivity index is 1.99. The van der Waals surface area contributed by atoms with Crippen LogP contribution in [0.25, 0.3) is 22.0 Å². The minimum Gasteiger partial charge on any atom is -0.326 e. The van der Waals surface area contributed by atoms with Crippen molar-refractivity contribution in [2.75, 3.05) is 0 Å². The fourth-order valence-corrected chi connectivity index (χ4v) is 3.31. The number of aromatic nitrogens is 2. The fraction of sp³-hybridized carbons (Fsp3) is 0.0667. The van der Waals surface area contributed by atoms with Gasteiger partial charge in [0.1, 0.15) is 10.7 Å². The van der Waals surface area contributed by atoms with E-state index < -0.39 is 0 Å². The highest BCUT2D eigenvalue weighted by Gasteiger charge is 2.12. The zero-order chi connectivity index (χ0) is 14.8. The van der Waals surface area contributed by atoms with Gasteiger partial charge in [0, 0.05) is 23.7 Å². The van der Waals surface area contributed by atoms with Crippen LogP contribution in [0.15, 0.2) is 41.9 Å². The molecule has 2 heterocycles. The monoisotopic (exact) mass is 335 g/mol. The molecule has 21 heavy (non-hydrogen) atoms. The number of pyridine rings is 1. The van der Waals surface area contributed by atoms with Crippen molar-refractivity contribution in [2.45, 2.75) is 6.54 Å². The SMILES string of the molecule is NCc1cccc(-c2csc(-c3ncc(Cl)cc3Cl)n2)c1. The van der Waals surface area contributed by atoms with E-state index in [2.05, 4.69) is 9.97 Å². The van der Waals surface area contributed by atoms with Gasteiger partial charge in [0.15, 0.2) is 0 Å². The van der Waals surface area contributed by atoms with Gasteiger partial charge in [0.05, 0.1) is 15.7 Å². The van der Waals surface area contributed by atoms with Gasteiger partial charge in [-0.25, -0.2) is 4.98 Å². The Kier molecular flexibility index (Phi) is 4.22. The first kappa shape index (κ1) is 14.5. The Bertz CT molecular complexity index is 786. The number of rotatable bonds is 3. The van der Waals surface area contributed by atoms with Gasteiger partial charge >= 0.3 is 0 Å². The second-order valence-electron chi connectivity index (χ2n) is 4.43. The topological polar surface area (TPSA) is 51.8 Å². The minimum absolute atomic E-state index is 0.499. The van der Waals surface area contributed by atoms with Crippen molar-refractivity contribution in [3.8, 4) is 22.0 Å². The minimum atomic E-state index is 0.499. The maximum absolute atomic E-state index is 6.17. The molecule has 0 saturated carbocycles. The maximum atomic E-state index is 6.17. The lowest BCUT2D eigenvalue weighted by atomic mass is 10.1. The van der Waals surface area contributed by atoms with Crippen LogP contribution in [0.4, 0.5) is 0 Å². The number of hydrogen-bond acceptors (Lipinski definition) is 4. The molecular weight excluding hydrogens is 325 g/mol. The molecule has 0 amide bonds. The number of hydrogen-bond donors (Lipinski definition) is 1. The van der Waals surface area contributed by atoms with Crippen molar-refractivity contribution in [3.05, 3.63) is 57.5 Å². The van der Waals surface area contributed by atoms with E-state index in [4.69, 9.17) is 28.9 Å². The zero-order valence-electron chi connectivity index (χ0n) is 10.9. The summed E-state index contributed by atoms with van der Waals surface area (Å²) in [5.41, 5.74) is 9.31. The average Bonchev–Trinajstić information content (AvgIpc) is 2.97. The zero-order valence-corrected chi connectivity index (χ0v) is 13.2. The summed E-state index contributed by atoms with van der Waals surface area (Å²) in [5.74, 6) is 0. The van der Waals surface area contributed by atoms with Gasteiger partial charge in [0.25, 0.3) is 0 Å². The van der Waals surface area contributed by atoms with Crippen LogP contribution < -0.4 is 5.73 Å². The van der Waals surface area contributed by atoms with Crippen LogP contribution in [0.1, 0.15) is 5.56 Å². The first-order valence-electron chi connectivity index (χ1n) is 6.23. The van der Waals surface area contributed by atoms with Crippen LogP contribution in [-0.4, -0.2) is 9.97 Å². The van der Waals surface area contributed by atoms with Crippen LogP contribution in [0, 0.1) is 0 Å². The molecule has 3 nitrogen and oxygen atoms in total. The quantitative estimate of drug-likeness (QED) is 0.758. The largest absolute Gasteiger partial charge is 0.326 e. The smallest absolute Gasteiger partial charge is 0.144 e. The highest BCUT2D eigenvalue weighted by molar-refractivity contribution is 7.13. The van der Waals surface area contributed by atoms with Gasteiger partial charge < -0.3 is 5.73 Å². The number of nitrogens with two attached hydrogens (primary N) is 1. The van der Waals surface area contributed by atoms with Crippen LogP contribution in [0.5, 0.6) is 0 Å². The molecule has 0 bridgehead atoms. The van der Waals surface area contributed by atoms with Crippen LogP contribution in [0.3, 0.4) is 0 Å². The van der Waals surface area contributed by atoms with Gasteiger partial charge in [-0.05, 0) is 17.7 Å². The van der Waals surface area contributed by atoms with Gasteiger partial charge in [-0.1, -0.05) is 41.4 Å². The van der Waals surface area contributed by atoms with Crippen molar-refractivity contribution >= 4 is 34.5 Å². The van der Waals surface area contributed by atoms with Gasteiger partial charge in [-0.2, -0.15) is 0 Å². The van der Waals surface area contributed by atoms with Crippen molar-refractivity contribution in [1.29, 1.82) is 0 Å². The third kappa shape index (κ3) is 3.09. The van der Waals surface area contributed by atoms with Gasteiger partial charge in [-0.3, -0.25) is 4.98 Å². The molecule has 0 radical (unpaired) electrons. The number of thiazole rings is 1. The van der Waals surface area contributed by atoms with Crippen LogP contribution >= 0.6 is 34.5 Å². The molecule has 3 rings (SSSR count). The van der Waals surface area contributed by atoms with E-state index in [1.807, 2.05) is 29.6 Å². The number of benzene rings is 1. The van der Waals surface area contributed by atoms with E-state index in [0.29, 0.717) is 22.3 Å². The van der Waals surface area contributed by atoms with Crippen LogP contribution in [-0.2, 0) is 6.54 Å². The Morgan fingerprint density at radius 2 is 2.05 bits per heavy atom. The van der Waals surface area contributed by atoms with Crippen molar-refractivity contribution in [1.82, 2.24) is 9.97 Å². The number of halogens is 2. The Labute approximate surface area is 136 Å². The standard InChI is InChI=1S/C15H11Cl2N3S/c16-11-5-12(17)14(19-7-11)15-20-13(8-21-15)10-3-1-2-9(4-10)6-18/h1-5,7-8H,6,18H2. The van der Waals surface area contributed by atoms with Crippen molar-refractivity contribution in [2.24, 2.45) is 5.73 Å². The Morgan fingerprint density at radius 3 is 2.81 bits per heavy atom. The molecule has 3 aromatic rings. The summed E-state index contributed by atoms with van der Waals surface area (Å²) >= 11 is 13.5. The maximum Gasteiger partial charge on any atom is 0.144 e. The van der Waals surface area contributed by atoms with Crippen LogP contribution in [0.2, 0.25) is 10.0 Å². The molecule has 0 spiro atoms. The lowest BCUT2D eigenvalue weighted by Gasteiger charge is -2.01. The van der Waals surface area contributed by atoms with E-state index in [1.54, 1.807) is 12.3 Å². The van der Waals surface area contributed by atoms with Crippen molar-refractivity contribution < 1.29 is 0 Å². The molecule has 0 aliphatic carbocycles. The second kappa shape index (κ2) is 6.12. The van der Waals surface area contributed by atoms with Gasteiger partial charge in [-0.15, -0.1) is 11.3 Å². The predicted octanol–water partition coefficient (Wildman–Crippen LogP) is 4.64. The molecular formula is C15H11Cl2N3S. The molecule has 0 aliphatic rings. The molecule has 2 aromatic heterocycles. The van der Waals surface area contributed by atoms with E-state index >= 15 is 0 Å². The molecule has 0 unspecified atom stereocenters. The molecule has 0 fully saturated rings. The number of nitrogens with zero attached hydrogens (tertiary/aromatic N) is 2. The summed E-state index contributed by atoms with van der Waals surface area (Å²) in [6, 6.07) is 9.69. The normalized spacial score (nSPS) is 10.8. The fourth-order valence-electron chi connectivity index (χ4n) is 1.94. The van der Waals surface area contributed by atoms with E-state index in [-0.39, 0.29) is 0 Å². The molecule has 0 aliphatic heterocycles. The highest BCUT2D eigenvalue weighted by atomic mass is 35.5. The molecule has 2 N–H and O–H groups in total. The predicted molar refractivity (Wildman–Crippen MR) is 88.7 cm³/mol. The third-order valence-electron chi connectivity index (χ3n) is 2.97. The second-order valence-corrected chi connectivity index (χ2v) is 6.13. The van der Waals surface area contributed by atoms with Gasteiger partial charge in [0.2, 0.25) is 0 Å². The summed E-state index contributed by atoms with van der Waals surface area (Å²) in [5, 5.41) is 3.76. The van der Waals surface area contributed by atoms with E-state index in [0.717, 1.165) is 21.8 Å². The summed E-state index contributed by atoms with van der Waals surface area (Å²) in [6.07, 6.45) is 1.57. The average molecular weight is 336 g/mol. The Morgan fingerprint density at radius 1 is 1.19 bits per heavy atom. The van der Waals surface area contributed by atoms with Crippen molar-refractivity contribution in [3.63, 3.8) is 0 Å². The molecule has 0 saturated heterocycles. The first-order valence-corrected chi connectivity index (χ1v) is 7.87. The summed E-state index contributed by atoms with van der Waals surface area (Å²) < 4.78 is 0. The summed E-state index contributed by atoms with van der Waals surface area (Å²) in [4.78, 5) is 8.86. The molecule has 0 atom stereocenters. The summed E-state index contributed by atoms with van der Waals surface area (Å²) in [7, 11) is 0. The lowest BCUT2D eigenvalue weighted by molar-refractivity contribution is 1.07. The third-order valence-corrected chi connectivity index (χ3v) is 4.32. The molecule has 106 valence electrons. The lowest BCUT2D eigenvalue weighted by Crippen LogP contribution is -1.95. The first-order chi connectivity index (χ1) is 10.2. The van der Waals surface area contributed by atoms with E-state index in [9.17, 15) is 0 Å². The summed E-state index contributed by atoms with van der Waals surface area (Å²) in [6.45, 7) is 0.509. The van der Waals surface area contributed by atoms with E-state index in [1.165, 1.54) is 11.3 Å². The molecule has 1 aromatic carbocycles. The molecule has 6 heteroatoms. The highest BCUT2D eigenvalue weighted by Crippen LogP contribution is 2.32. The Hall–Kier alpha value is -1.46.